The Hall–Kier alpha value is -1.71. The van der Waals surface area contributed by atoms with Crippen LogP contribution in [0.5, 0.6) is 0 Å². The van der Waals surface area contributed by atoms with Gasteiger partial charge in [-0.05, 0) is 42.9 Å². The van der Waals surface area contributed by atoms with E-state index in [4.69, 9.17) is 11.5 Å². The van der Waals surface area contributed by atoms with Gasteiger partial charge in [-0.15, -0.1) is 0 Å². The van der Waals surface area contributed by atoms with Crippen LogP contribution in [-0.2, 0) is 0 Å². The lowest BCUT2D eigenvalue weighted by atomic mass is 9.82. The number of nitrogen functional groups attached to an aromatic ring is 1. The molecule has 1 aliphatic carbocycles. The Balaban J connectivity index is 1.94. The van der Waals surface area contributed by atoms with Crippen LogP contribution in [0.4, 0.5) is 11.4 Å². The molecule has 4 nitrogen and oxygen atoms in total. The third-order valence-corrected chi connectivity index (χ3v) is 3.96. The van der Waals surface area contributed by atoms with E-state index < -0.39 is 5.91 Å². The van der Waals surface area contributed by atoms with Gasteiger partial charge >= 0.3 is 0 Å². The number of primary amides is 1. The van der Waals surface area contributed by atoms with Crippen LogP contribution < -0.4 is 16.8 Å². The van der Waals surface area contributed by atoms with Crippen LogP contribution in [-0.4, -0.2) is 12.5 Å². The molecule has 1 saturated carbocycles. The fourth-order valence-electron chi connectivity index (χ4n) is 2.88. The van der Waals surface area contributed by atoms with Crippen molar-refractivity contribution < 1.29 is 4.79 Å². The van der Waals surface area contributed by atoms with E-state index in [1.165, 1.54) is 25.7 Å². The summed E-state index contributed by atoms with van der Waals surface area (Å²) >= 11 is 0. The van der Waals surface area contributed by atoms with E-state index in [1.54, 1.807) is 12.1 Å². The van der Waals surface area contributed by atoms with Gasteiger partial charge in [0, 0.05) is 12.1 Å². The van der Waals surface area contributed by atoms with E-state index in [-0.39, 0.29) is 0 Å². The molecule has 0 saturated heterocycles. The lowest BCUT2D eigenvalue weighted by Crippen LogP contribution is -2.21. The minimum atomic E-state index is -0.445. The number of carbonyl (C=O) groups excluding carboxylic acids is 1. The minimum Gasteiger partial charge on any atom is -0.397 e. The average Bonchev–Trinajstić information content (AvgIpc) is 2.37. The van der Waals surface area contributed by atoms with Gasteiger partial charge in [0.1, 0.15) is 0 Å². The van der Waals surface area contributed by atoms with Crippen LogP contribution in [0.15, 0.2) is 18.2 Å². The van der Waals surface area contributed by atoms with Gasteiger partial charge < -0.3 is 16.8 Å². The van der Waals surface area contributed by atoms with Crippen molar-refractivity contribution in [1.82, 2.24) is 0 Å². The highest BCUT2D eigenvalue weighted by molar-refractivity contribution is 5.94. The van der Waals surface area contributed by atoms with E-state index in [0.717, 1.165) is 24.1 Å². The highest BCUT2D eigenvalue weighted by Gasteiger charge is 2.18. The first kappa shape index (κ1) is 13.7. The van der Waals surface area contributed by atoms with Crippen molar-refractivity contribution in [2.24, 2.45) is 17.6 Å². The Morgan fingerprint density at radius 2 is 2.21 bits per heavy atom. The van der Waals surface area contributed by atoms with Crippen molar-refractivity contribution in [3.63, 3.8) is 0 Å². The zero-order valence-electron chi connectivity index (χ0n) is 11.5. The highest BCUT2D eigenvalue weighted by atomic mass is 16.1. The summed E-state index contributed by atoms with van der Waals surface area (Å²) in [7, 11) is 0. The van der Waals surface area contributed by atoms with Gasteiger partial charge in [-0.25, -0.2) is 0 Å². The van der Waals surface area contributed by atoms with Crippen LogP contribution in [0.1, 0.15) is 43.0 Å². The Morgan fingerprint density at radius 3 is 2.84 bits per heavy atom. The second kappa shape index (κ2) is 5.95. The van der Waals surface area contributed by atoms with Crippen molar-refractivity contribution in [3.8, 4) is 0 Å². The summed E-state index contributed by atoms with van der Waals surface area (Å²) in [6.07, 6.45) is 5.25. The van der Waals surface area contributed by atoms with Gasteiger partial charge in [0.2, 0.25) is 5.91 Å². The molecule has 0 bridgehead atoms. The maximum atomic E-state index is 11.1. The molecule has 104 valence electrons. The predicted molar refractivity (Wildman–Crippen MR) is 79.0 cm³/mol. The second-order valence-electron chi connectivity index (χ2n) is 5.68. The summed E-state index contributed by atoms with van der Waals surface area (Å²) in [4.78, 5) is 11.1. The number of hydrogen-bond donors (Lipinski definition) is 3. The number of rotatable bonds is 4. The van der Waals surface area contributed by atoms with Crippen LogP contribution >= 0.6 is 0 Å². The third-order valence-electron chi connectivity index (χ3n) is 3.96. The number of nitrogens with two attached hydrogens (primary N) is 2. The summed E-state index contributed by atoms with van der Waals surface area (Å²) in [5, 5.41) is 3.39. The Bertz CT molecular complexity index is 459. The first-order valence-corrected chi connectivity index (χ1v) is 6.99. The molecule has 0 heterocycles. The molecule has 1 aromatic rings. The maximum Gasteiger partial charge on any atom is 0.248 e. The lowest BCUT2D eigenvalue weighted by Gasteiger charge is -2.27. The molecule has 0 aliphatic heterocycles. The number of amides is 1. The third kappa shape index (κ3) is 3.63. The molecule has 1 aromatic carbocycles. The molecule has 19 heavy (non-hydrogen) atoms. The number of hydrogen-bond acceptors (Lipinski definition) is 3. The van der Waals surface area contributed by atoms with Gasteiger partial charge in [-0.3, -0.25) is 4.79 Å². The molecular formula is C15H23N3O. The normalized spacial score (nSPS) is 23.0. The Kier molecular flexibility index (Phi) is 4.30. The van der Waals surface area contributed by atoms with Gasteiger partial charge in [-0.2, -0.15) is 0 Å². The molecule has 1 fully saturated rings. The molecule has 1 aliphatic rings. The first-order valence-electron chi connectivity index (χ1n) is 6.99. The van der Waals surface area contributed by atoms with Gasteiger partial charge in [0.25, 0.3) is 0 Å². The lowest BCUT2D eigenvalue weighted by molar-refractivity contribution is 0.100. The van der Waals surface area contributed by atoms with Gasteiger partial charge in [0.05, 0.1) is 11.4 Å². The predicted octanol–water partition coefficient (Wildman–Crippen LogP) is 2.61. The molecule has 2 unspecified atom stereocenters. The molecule has 0 radical (unpaired) electrons. The summed E-state index contributed by atoms with van der Waals surface area (Å²) in [6.45, 7) is 3.27. The number of carbonyl (C=O) groups is 1. The average molecular weight is 261 g/mol. The fraction of sp³-hybridized carbons (Fsp3) is 0.533. The number of nitrogens with one attached hydrogen (secondary N) is 1. The molecule has 5 N–H and O–H groups in total. The van der Waals surface area contributed by atoms with Crippen molar-refractivity contribution in [2.45, 2.75) is 32.6 Å². The Morgan fingerprint density at radius 1 is 1.42 bits per heavy atom. The van der Waals surface area contributed by atoms with Gasteiger partial charge in [-0.1, -0.05) is 19.8 Å². The largest absolute Gasteiger partial charge is 0.397 e. The molecule has 2 rings (SSSR count). The van der Waals surface area contributed by atoms with Crippen LogP contribution in [0, 0.1) is 11.8 Å². The van der Waals surface area contributed by atoms with Crippen molar-refractivity contribution in [1.29, 1.82) is 0 Å². The Labute approximate surface area is 114 Å². The summed E-state index contributed by atoms with van der Waals surface area (Å²) in [5.41, 5.74) is 13.1. The molecule has 1 amide bonds. The van der Waals surface area contributed by atoms with E-state index in [9.17, 15) is 4.79 Å². The monoisotopic (exact) mass is 261 g/mol. The standard InChI is InChI=1S/C15H23N3O/c1-10-3-2-4-11(7-10)9-18-14-6-5-12(15(17)19)8-13(14)16/h5-6,8,10-11,18H,2-4,7,9,16H2,1H3,(H2,17,19). The minimum absolute atomic E-state index is 0.445. The zero-order chi connectivity index (χ0) is 13.8. The maximum absolute atomic E-state index is 11.1. The number of anilines is 2. The number of benzene rings is 1. The fourth-order valence-corrected chi connectivity index (χ4v) is 2.88. The van der Waals surface area contributed by atoms with Crippen LogP contribution in [0.3, 0.4) is 0 Å². The van der Waals surface area contributed by atoms with Crippen molar-refractivity contribution in [2.75, 3.05) is 17.6 Å². The molecule has 4 heteroatoms. The van der Waals surface area contributed by atoms with Crippen LogP contribution in [0.25, 0.3) is 0 Å². The van der Waals surface area contributed by atoms with Gasteiger partial charge in [0.15, 0.2) is 0 Å². The SMILES string of the molecule is CC1CCCC(CNc2ccc(C(N)=O)cc2N)C1. The summed E-state index contributed by atoms with van der Waals surface area (Å²) in [5.74, 6) is 1.11. The zero-order valence-corrected chi connectivity index (χ0v) is 11.5. The molecular weight excluding hydrogens is 238 g/mol. The first-order chi connectivity index (χ1) is 9.06. The summed E-state index contributed by atoms with van der Waals surface area (Å²) < 4.78 is 0. The van der Waals surface area contributed by atoms with Crippen LogP contribution in [0.2, 0.25) is 0 Å². The summed E-state index contributed by atoms with van der Waals surface area (Å²) in [6, 6.07) is 5.18. The van der Waals surface area contributed by atoms with E-state index in [0.29, 0.717) is 11.3 Å². The smallest absolute Gasteiger partial charge is 0.248 e. The van der Waals surface area contributed by atoms with E-state index >= 15 is 0 Å². The van der Waals surface area contributed by atoms with E-state index in [2.05, 4.69) is 12.2 Å². The highest BCUT2D eigenvalue weighted by Crippen LogP contribution is 2.29. The molecule has 2 atom stereocenters. The topological polar surface area (TPSA) is 81.1 Å². The second-order valence-corrected chi connectivity index (χ2v) is 5.68. The molecule has 0 aromatic heterocycles. The van der Waals surface area contributed by atoms with E-state index in [1.807, 2.05) is 6.07 Å². The van der Waals surface area contributed by atoms with Crippen molar-refractivity contribution >= 4 is 17.3 Å². The van der Waals surface area contributed by atoms with Crippen molar-refractivity contribution in [3.05, 3.63) is 23.8 Å². The quantitative estimate of drug-likeness (QED) is 0.729. The molecule has 0 spiro atoms.